The standard InChI is InChI=1S/C40H28N4O/c45-40-34-22-11-10-21-33(34)35-26-30(27-13-4-1-5-14-27)23-24-36(35)44(40)32-20-12-19-31(25-32)39-42-37(28-15-6-2-7-16-28)41-38(43-39)29-17-8-3-9-18-29/h1-2,4-8,10-26H,3,9H2. The molecule has 1 aliphatic rings. The van der Waals surface area contributed by atoms with E-state index in [0.717, 1.165) is 62.6 Å². The van der Waals surface area contributed by atoms with Gasteiger partial charge in [-0.25, -0.2) is 15.0 Å². The Morgan fingerprint density at radius 3 is 1.93 bits per heavy atom. The van der Waals surface area contributed by atoms with Gasteiger partial charge >= 0.3 is 0 Å². The highest BCUT2D eigenvalue weighted by atomic mass is 16.1. The van der Waals surface area contributed by atoms with Crippen molar-refractivity contribution in [2.75, 3.05) is 0 Å². The first-order valence-corrected chi connectivity index (χ1v) is 15.2. The highest BCUT2D eigenvalue weighted by Crippen LogP contribution is 2.31. The average molecular weight is 581 g/mol. The predicted molar refractivity (Wildman–Crippen MR) is 183 cm³/mol. The van der Waals surface area contributed by atoms with Crippen LogP contribution in [0.2, 0.25) is 0 Å². The van der Waals surface area contributed by atoms with Crippen LogP contribution in [0.3, 0.4) is 0 Å². The summed E-state index contributed by atoms with van der Waals surface area (Å²) in [5.74, 6) is 1.81. The molecule has 0 N–H and O–H groups in total. The Hall–Kier alpha value is -5.94. The lowest BCUT2D eigenvalue weighted by molar-refractivity contribution is 1.00. The van der Waals surface area contributed by atoms with Crippen LogP contribution < -0.4 is 5.56 Å². The molecule has 214 valence electrons. The number of rotatable bonds is 5. The van der Waals surface area contributed by atoms with Crippen molar-refractivity contribution in [2.24, 2.45) is 0 Å². The first-order valence-electron chi connectivity index (χ1n) is 15.2. The molecule has 0 atom stereocenters. The SMILES string of the molecule is O=c1c2ccccc2c2cc(-c3ccccc3)ccc2n1-c1cccc(-c2nc(C3=CCCC=C3)nc(-c3ccccc3)n2)c1. The van der Waals surface area contributed by atoms with E-state index in [1.54, 1.807) is 0 Å². The van der Waals surface area contributed by atoms with Gasteiger partial charge in [-0.15, -0.1) is 0 Å². The topological polar surface area (TPSA) is 60.7 Å². The molecule has 0 amide bonds. The number of allylic oxidation sites excluding steroid dienone is 4. The van der Waals surface area contributed by atoms with Crippen molar-refractivity contribution in [3.63, 3.8) is 0 Å². The van der Waals surface area contributed by atoms with Crippen LogP contribution in [0.25, 0.3) is 66.8 Å². The molecule has 8 rings (SSSR count). The van der Waals surface area contributed by atoms with Crippen LogP contribution >= 0.6 is 0 Å². The van der Waals surface area contributed by atoms with E-state index in [1.165, 1.54) is 0 Å². The van der Waals surface area contributed by atoms with Crippen LogP contribution in [0.15, 0.2) is 150 Å². The summed E-state index contributed by atoms with van der Waals surface area (Å²) in [5.41, 5.74) is 6.48. The second-order valence-electron chi connectivity index (χ2n) is 11.1. The molecule has 5 aromatic carbocycles. The number of hydrogen-bond donors (Lipinski definition) is 0. The van der Waals surface area contributed by atoms with Crippen molar-refractivity contribution in [3.05, 3.63) is 162 Å². The lowest BCUT2D eigenvalue weighted by atomic mass is 9.99. The summed E-state index contributed by atoms with van der Waals surface area (Å²) in [6.07, 6.45) is 8.37. The average Bonchev–Trinajstić information content (AvgIpc) is 3.13. The maximum absolute atomic E-state index is 14.2. The van der Waals surface area contributed by atoms with Gasteiger partial charge in [0.1, 0.15) is 0 Å². The fourth-order valence-electron chi connectivity index (χ4n) is 6.06. The third kappa shape index (κ3) is 4.94. The van der Waals surface area contributed by atoms with Gasteiger partial charge in [-0.1, -0.05) is 115 Å². The molecule has 0 radical (unpaired) electrons. The van der Waals surface area contributed by atoms with Crippen LogP contribution in [0.1, 0.15) is 18.7 Å². The van der Waals surface area contributed by atoms with Crippen LogP contribution in [-0.2, 0) is 0 Å². The van der Waals surface area contributed by atoms with Crippen molar-refractivity contribution in [1.82, 2.24) is 19.5 Å². The van der Waals surface area contributed by atoms with Gasteiger partial charge in [0.05, 0.1) is 5.52 Å². The van der Waals surface area contributed by atoms with Gasteiger partial charge in [-0.3, -0.25) is 9.36 Å². The van der Waals surface area contributed by atoms with Gasteiger partial charge in [-0.05, 0) is 59.7 Å². The van der Waals surface area contributed by atoms with Crippen LogP contribution in [-0.4, -0.2) is 19.5 Å². The van der Waals surface area contributed by atoms with E-state index < -0.39 is 0 Å². The third-order valence-corrected chi connectivity index (χ3v) is 8.28. The molecule has 0 aliphatic heterocycles. The molecule has 7 aromatic rings. The number of fused-ring (bicyclic) bond motifs is 3. The van der Waals surface area contributed by atoms with E-state index in [9.17, 15) is 4.79 Å². The zero-order chi connectivity index (χ0) is 30.2. The molecule has 0 bridgehead atoms. The van der Waals surface area contributed by atoms with E-state index >= 15 is 0 Å². The van der Waals surface area contributed by atoms with E-state index in [0.29, 0.717) is 22.9 Å². The first-order chi connectivity index (χ1) is 22.2. The Morgan fingerprint density at radius 2 is 1.18 bits per heavy atom. The lowest BCUT2D eigenvalue weighted by Crippen LogP contribution is -2.19. The van der Waals surface area contributed by atoms with E-state index in [4.69, 9.17) is 15.0 Å². The maximum atomic E-state index is 14.2. The number of nitrogens with zero attached hydrogens (tertiary/aromatic N) is 4. The van der Waals surface area contributed by atoms with Crippen LogP contribution in [0.5, 0.6) is 0 Å². The maximum Gasteiger partial charge on any atom is 0.263 e. The quantitative estimate of drug-likeness (QED) is 0.191. The Kier molecular flexibility index (Phi) is 6.69. The van der Waals surface area contributed by atoms with Crippen LogP contribution in [0, 0.1) is 0 Å². The highest BCUT2D eigenvalue weighted by Gasteiger charge is 2.17. The summed E-state index contributed by atoms with van der Waals surface area (Å²) in [7, 11) is 0. The second-order valence-corrected chi connectivity index (χ2v) is 11.1. The number of benzene rings is 5. The van der Waals surface area contributed by atoms with Crippen LogP contribution in [0.4, 0.5) is 0 Å². The molecule has 0 saturated heterocycles. The third-order valence-electron chi connectivity index (χ3n) is 8.28. The zero-order valence-corrected chi connectivity index (χ0v) is 24.5. The Bertz CT molecular complexity index is 2340. The van der Waals surface area contributed by atoms with Crippen molar-refractivity contribution in [3.8, 4) is 39.6 Å². The molecule has 0 spiro atoms. The molecule has 2 heterocycles. The molecule has 0 saturated carbocycles. The van der Waals surface area contributed by atoms with Gasteiger partial charge in [0.2, 0.25) is 0 Å². The summed E-state index contributed by atoms with van der Waals surface area (Å²) in [6, 6.07) is 42.4. The van der Waals surface area contributed by atoms with Gasteiger partial charge in [0.15, 0.2) is 17.5 Å². The molecular weight excluding hydrogens is 552 g/mol. The van der Waals surface area contributed by atoms with Crippen molar-refractivity contribution >= 4 is 27.2 Å². The number of pyridine rings is 1. The van der Waals surface area contributed by atoms with Gasteiger partial charge < -0.3 is 0 Å². The first kappa shape index (κ1) is 26.7. The molecule has 5 nitrogen and oxygen atoms in total. The van der Waals surface area contributed by atoms with Crippen molar-refractivity contribution in [1.29, 1.82) is 0 Å². The van der Waals surface area contributed by atoms with Gasteiger partial charge in [0.25, 0.3) is 5.56 Å². The highest BCUT2D eigenvalue weighted by molar-refractivity contribution is 6.07. The van der Waals surface area contributed by atoms with E-state index in [1.807, 2.05) is 102 Å². The number of aromatic nitrogens is 4. The fourth-order valence-corrected chi connectivity index (χ4v) is 6.06. The molecule has 1 aliphatic carbocycles. The molecular formula is C40H28N4O. The fraction of sp³-hybridized carbons (Fsp3) is 0.0500. The van der Waals surface area contributed by atoms with Crippen molar-refractivity contribution in [2.45, 2.75) is 12.8 Å². The molecule has 5 heteroatoms. The Balaban J connectivity index is 1.33. The lowest BCUT2D eigenvalue weighted by Gasteiger charge is -2.16. The zero-order valence-electron chi connectivity index (χ0n) is 24.5. The van der Waals surface area contributed by atoms with Gasteiger partial charge in [0, 0.05) is 33.2 Å². The van der Waals surface area contributed by atoms with E-state index in [2.05, 4.69) is 48.6 Å². The van der Waals surface area contributed by atoms with Crippen molar-refractivity contribution < 1.29 is 0 Å². The van der Waals surface area contributed by atoms with E-state index in [-0.39, 0.29) is 5.56 Å². The Morgan fingerprint density at radius 1 is 0.511 bits per heavy atom. The summed E-state index contributed by atoms with van der Waals surface area (Å²) in [5, 5.41) is 2.62. The molecule has 0 fully saturated rings. The summed E-state index contributed by atoms with van der Waals surface area (Å²) in [6.45, 7) is 0. The molecule has 2 aromatic heterocycles. The molecule has 45 heavy (non-hydrogen) atoms. The normalized spacial score (nSPS) is 12.8. The predicted octanol–water partition coefficient (Wildman–Crippen LogP) is 9.06. The summed E-state index contributed by atoms with van der Waals surface area (Å²) in [4.78, 5) is 28.9. The minimum atomic E-state index is -0.0680. The Labute approximate surface area is 260 Å². The minimum absolute atomic E-state index is 0.0680. The monoisotopic (exact) mass is 580 g/mol. The second kappa shape index (κ2) is 11.3. The van der Waals surface area contributed by atoms with Gasteiger partial charge in [-0.2, -0.15) is 0 Å². The largest absolute Gasteiger partial charge is 0.276 e. The number of hydrogen-bond acceptors (Lipinski definition) is 4. The molecule has 0 unspecified atom stereocenters. The summed E-state index contributed by atoms with van der Waals surface area (Å²) >= 11 is 0. The summed E-state index contributed by atoms with van der Waals surface area (Å²) < 4.78 is 1.81. The smallest absolute Gasteiger partial charge is 0.263 e. The minimum Gasteiger partial charge on any atom is -0.276 e.